The average Bonchev–Trinajstić information content (AvgIpc) is 1.95. The minimum atomic E-state index is 0.224. The lowest BCUT2D eigenvalue weighted by Gasteiger charge is -2.16. The SMILES string of the molecule is CCCCC(=O)CSC(C)(C)C. The Hall–Kier alpha value is 0.0200. The summed E-state index contributed by atoms with van der Waals surface area (Å²) in [5, 5.41) is 0. The van der Waals surface area contributed by atoms with E-state index in [1.165, 1.54) is 0 Å². The maximum Gasteiger partial charge on any atom is 0.142 e. The molecule has 0 aromatic heterocycles. The van der Waals surface area contributed by atoms with Gasteiger partial charge in [-0.2, -0.15) is 0 Å². The van der Waals surface area contributed by atoms with E-state index in [-0.39, 0.29) is 4.75 Å². The molecule has 0 amide bonds. The Labute approximate surface area is 80.3 Å². The van der Waals surface area contributed by atoms with Gasteiger partial charge in [0.1, 0.15) is 5.78 Å². The maximum atomic E-state index is 11.2. The number of unbranched alkanes of at least 4 members (excludes halogenated alkanes) is 1. The molecule has 0 fully saturated rings. The second kappa shape index (κ2) is 5.63. The molecule has 0 aromatic carbocycles. The number of ketones is 1. The van der Waals surface area contributed by atoms with E-state index in [0.29, 0.717) is 11.5 Å². The van der Waals surface area contributed by atoms with Gasteiger partial charge in [-0.25, -0.2) is 0 Å². The Kier molecular flexibility index (Phi) is 5.64. The minimum Gasteiger partial charge on any atom is -0.299 e. The third-order valence-corrected chi connectivity index (χ3v) is 2.81. The van der Waals surface area contributed by atoms with Crippen LogP contribution in [0.3, 0.4) is 0 Å². The molecule has 2 heteroatoms. The van der Waals surface area contributed by atoms with Gasteiger partial charge in [-0.3, -0.25) is 4.79 Å². The van der Waals surface area contributed by atoms with Gasteiger partial charge in [0.15, 0.2) is 0 Å². The first-order valence-electron chi connectivity index (χ1n) is 4.61. The lowest BCUT2D eigenvalue weighted by atomic mass is 10.2. The number of carbonyl (C=O) groups is 1. The predicted molar refractivity (Wildman–Crippen MR) is 56.7 cm³/mol. The fourth-order valence-corrected chi connectivity index (χ4v) is 1.48. The third kappa shape index (κ3) is 8.12. The fraction of sp³-hybridized carbons (Fsp3) is 0.900. The average molecular weight is 188 g/mol. The molecule has 0 bridgehead atoms. The van der Waals surface area contributed by atoms with Crippen molar-refractivity contribution in [2.45, 2.75) is 51.7 Å². The monoisotopic (exact) mass is 188 g/mol. The lowest BCUT2D eigenvalue weighted by molar-refractivity contribution is -0.116. The summed E-state index contributed by atoms with van der Waals surface area (Å²) in [7, 11) is 0. The van der Waals surface area contributed by atoms with E-state index < -0.39 is 0 Å². The molecule has 0 spiro atoms. The van der Waals surface area contributed by atoms with Crippen molar-refractivity contribution < 1.29 is 4.79 Å². The van der Waals surface area contributed by atoms with Crippen LogP contribution >= 0.6 is 11.8 Å². The molecule has 0 rings (SSSR count). The molecule has 0 saturated heterocycles. The highest BCUT2D eigenvalue weighted by Crippen LogP contribution is 2.23. The number of Topliss-reactive ketones (excluding diaryl/α,β-unsaturated/α-hetero) is 1. The van der Waals surface area contributed by atoms with Crippen LogP contribution in [-0.2, 0) is 4.79 Å². The molecule has 12 heavy (non-hydrogen) atoms. The van der Waals surface area contributed by atoms with E-state index in [0.717, 1.165) is 19.3 Å². The number of thioether (sulfide) groups is 1. The number of hydrogen-bond donors (Lipinski definition) is 0. The topological polar surface area (TPSA) is 17.1 Å². The standard InChI is InChI=1S/C10H20OS/c1-5-6-7-9(11)8-12-10(2,3)4/h5-8H2,1-4H3. The van der Waals surface area contributed by atoms with E-state index in [9.17, 15) is 4.79 Å². The normalized spacial score (nSPS) is 11.7. The molecule has 0 aliphatic carbocycles. The van der Waals surface area contributed by atoms with Crippen LogP contribution in [0.5, 0.6) is 0 Å². The summed E-state index contributed by atoms with van der Waals surface area (Å²) in [6.07, 6.45) is 2.93. The van der Waals surface area contributed by atoms with Crippen LogP contribution in [0.15, 0.2) is 0 Å². The fourth-order valence-electron chi connectivity index (χ4n) is 0.743. The second-order valence-corrected chi connectivity index (χ2v) is 5.85. The van der Waals surface area contributed by atoms with Crippen LogP contribution in [0.1, 0.15) is 47.0 Å². The molecule has 0 atom stereocenters. The summed E-state index contributed by atoms with van der Waals surface area (Å²) in [5.74, 6) is 1.08. The van der Waals surface area contributed by atoms with Gasteiger partial charge in [-0.05, 0) is 6.42 Å². The van der Waals surface area contributed by atoms with Gasteiger partial charge >= 0.3 is 0 Å². The Morgan fingerprint density at radius 1 is 1.33 bits per heavy atom. The Morgan fingerprint density at radius 3 is 2.33 bits per heavy atom. The zero-order valence-electron chi connectivity index (χ0n) is 8.64. The highest BCUT2D eigenvalue weighted by molar-refractivity contribution is 8.01. The van der Waals surface area contributed by atoms with Crippen LogP contribution in [0, 0.1) is 0 Å². The van der Waals surface area contributed by atoms with Crippen LogP contribution in [0.25, 0.3) is 0 Å². The maximum absolute atomic E-state index is 11.2. The first-order valence-corrected chi connectivity index (χ1v) is 5.60. The van der Waals surface area contributed by atoms with Crippen LogP contribution in [0.2, 0.25) is 0 Å². The summed E-state index contributed by atoms with van der Waals surface area (Å²) in [6.45, 7) is 8.55. The van der Waals surface area contributed by atoms with Gasteiger partial charge in [0.05, 0.1) is 5.75 Å². The minimum absolute atomic E-state index is 0.224. The molecule has 0 saturated carbocycles. The molecule has 0 aromatic rings. The second-order valence-electron chi connectivity index (χ2n) is 4.04. The zero-order chi connectivity index (χ0) is 9.61. The van der Waals surface area contributed by atoms with Gasteiger partial charge < -0.3 is 0 Å². The van der Waals surface area contributed by atoms with Crippen LogP contribution < -0.4 is 0 Å². The van der Waals surface area contributed by atoms with E-state index in [4.69, 9.17) is 0 Å². The molecular formula is C10H20OS. The van der Waals surface area contributed by atoms with Crippen LogP contribution in [0.4, 0.5) is 0 Å². The van der Waals surface area contributed by atoms with E-state index in [1.807, 2.05) is 0 Å². The Morgan fingerprint density at radius 2 is 1.92 bits per heavy atom. The zero-order valence-corrected chi connectivity index (χ0v) is 9.46. The smallest absolute Gasteiger partial charge is 0.142 e. The van der Waals surface area contributed by atoms with Crippen molar-refractivity contribution in [2.24, 2.45) is 0 Å². The molecule has 0 unspecified atom stereocenters. The van der Waals surface area contributed by atoms with Crippen molar-refractivity contribution in [1.29, 1.82) is 0 Å². The third-order valence-electron chi connectivity index (χ3n) is 1.48. The van der Waals surface area contributed by atoms with E-state index in [2.05, 4.69) is 27.7 Å². The van der Waals surface area contributed by atoms with Crippen molar-refractivity contribution in [3.05, 3.63) is 0 Å². The number of hydrogen-bond acceptors (Lipinski definition) is 2. The summed E-state index contributed by atoms with van der Waals surface area (Å²) >= 11 is 1.74. The molecule has 0 heterocycles. The highest BCUT2D eigenvalue weighted by Gasteiger charge is 2.12. The quantitative estimate of drug-likeness (QED) is 0.658. The summed E-state index contributed by atoms with van der Waals surface area (Å²) in [4.78, 5) is 11.2. The number of carbonyl (C=O) groups excluding carboxylic acids is 1. The van der Waals surface area contributed by atoms with Crippen molar-refractivity contribution in [3.8, 4) is 0 Å². The van der Waals surface area contributed by atoms with Gasteiger partial charge in [-0.15, -0.1) is 11.8 Å². The molecule has 0 aliphatic heterocycles. The number of rotatable bonds is 5. The Balaban J connectivity index is 3.44. The van der Waals surface area contributed by atoms with Crippen molar-refractivity contribution in [2.75, 3.05) is 5.75 Å². The van der Waals surface area contributed by atoms with Crippen molar-refractivity contribution in [1.82, 2.24) is 0 Å². The molecule has 0 N–H and O–H groups in total. The van der Waals surface area contributed by atoms with Gasteiger partial charge in [0.2, 0.25) is 0 Å². The summed E-state index contributed by atoms with van der Waals surface area (Å²) in [6, 6.07) is 0. The Bertz CT molecular complexity index is 135. The summed E-state index contributed by atoms with van der Waals surface area (Å²) in [5.41, 5.74) is 0. The molecule has 1 nitrogen and oxygen atoms in total. The predicted octanol–water partition coefficient (Wildman–Crippen LogP) is 3.28. The van der Waals surface area contributed by atoms with Gasteiger partial charge in [0.25, 0.3) is 0 Å². The first kappa shape index (κ1) is 12.0. The van der Waals surface area contributed by atoms with E-state index >= 15 is 0 Å². The van der Waals surface area contributed by atoms with Crippen LogP contribution in [-0.4, -0.2) is 16.3 Å². The summed E-state index contributed by atoms with van der Waals surface area (Å²) < 4.78 is 0.224. The highest BCUT2D eigenvalue weighted by atomic mass is 32.2. The van der Waals surface area contributed by atoms with Gasteiger partial charge in [0, 0.05) is 11.2 Å². The first-order chi connectivity index (χ1) is 5.45. The van der Waals surface area contributed by atoms with Gasteiger partial charge in [-0.1, -0.05) is 34.1 Å². The molecule has 0 radical (unpaired) electrons. The van der Waals surface area contributed by atoms with Crippen molar-refractivity contribution in [3.63, 3.8) is 0 Å². The van der Waals surface area contributed by atoms with E-state index in [1.54, 1.807) is 11.8 Å². The molecule has 0 aliphatic rings. The lowest BCUT2D eigenvalue weighted by Crippen LogP contribution is -2.12. The molecule has 72 valence electrons. The van der Waals surface area contributed by atoms with Crippen molar-refractivity contribution >= 4 is 17.5 Å². The largest absolute Gasteiger partial charge is 0.299 e. The molecular weight excluding hydrogens is 168 g/mol.